The maximum atomic E-state index is 11.9. The number of fused-ring (bicyclic) bond motifs is 2. The SMILES string of the molecule is O=C(NC1CC2CCC1N2)C(F)(F)F. The third kappa shape index (κ3) is 1.70. The molecule has 0 aromatic heterocycles. The number of amides is 1. The van der Waals surface area contributed by atoms with Crippen molar-refractivity contribution in [2.75, 3.05) is 0 Å². The zero-order valence-corrected chi connectivity index (χ0v) is 7.40. The van der Waals surface area contributed by atoms with Crippen LogP contribution in [-0.4, -0.2) is 30.2 Å². The Morgan fingerprint density at radius 2 is 2.07 bits per heavy atom. The highest BCUT2D eigenvalue weighted by Gasteiger charge is 2.45. The zero-order chi connectivity index (χ0) is 10.3. The Bertz CT molecular complexity index is 253. The van der Waals surface area contributed by atoms with E-state index in [0.29, 0.717) is 12.5 Å². The first-order chi connectivity index (χ1) is 6.47. The molecule has 0 radical (unpaired) electrons. The lowest BCUT2D eigenvalue weighted by atomic mass is 9.95. The molecule has 2 N–H and O–H groups in total. The average molecular weight is 208 g/mol. The maximum Gasteiger partial charge on any atom is 0.471 e. The predicted molar refractivity (Wildman–Crippen MR) is 42.5 cm³/mol. The van der Waals surface area contributed by atoms with Crippen LogP contribution in [0.5, 0.6) is 0 Å². The smallest absolute Gasteiger partial charge is 0.344 e. The number of carbonyl (C=O) groups excluding carboxylic acids is 1. The molecule has 2 heterocycles. The normalized spacial score (nSPS) is 36.1. The number of rotatable bonds is 1. The summed E-state index contributed by atoms with van der Waals surface area (Å²) in [6.07, 6.45) is -2.29. The number of carbonyl (C=O) groups is 1. The summed E-state index contributed by atoms with van der Waals surface area (Å²) in [5.74, 6) is -1.82. The predicted octanol–water partition coefficient (Wildman–Crippen LogP) is 0.558. The van der Waals surface area contributed by atoms with Gasteiger partial charge in [0.15, 0.2) is 0 Å². The molecule has 0 aliphatic carbocycles. The van der Waals surface area contributed by atoms with Crippen LogP contribution in [0.25, 0.3) is 0 Å². The molecule has 3 atom stereocenters. The fraction of sp³-hybridized carbons (Fsp3) is 0.875. The molecule has 2 rings (SSSR count). The number of hydrogen-bond donors (Lipinski definition) is 2. The zero-order valence-electron chi connectivity index (χ0n) is 7.40. The molecule has 2 bridgehead atoms. The first-order valence-electron chi connectivity index (χ1n) is 4.60. The number of halogens is 3. The van der Waals surface area contributed by atoms with Crippen molar-refractivity contribution in [1.82, 2.24) is 10.6 Å². The van der Waals surface area contributed by atoms with E-state index in [2.05, 4.69) is 5.32 Å². The summed E-state index contributed by atoms with van der Waals surface area (Å²) < 4.78 is 35.7. The maximum absolute atomic E-state index is 11.9. The summed E-state index contributed by atoms with van der Waals surface area (Å²) >= 11 is 0. The third-order valence-corrected chi connectivity index (χ3v) is 2.87. The van der Waals surface area contributed by atoms with Gasteiger partial charge in [-0.25, -0.2) is 0 Å². The molecule has 2 saturated heterocycles. The second-order valence-electron chi connectivity index (χ2n) is 3.86. The second-order valence-corrected chi connectivity index (χ2v) is 3.86. The Morgan fingerprint density at radius 1 is 1.36 bits per heavy atom. The van der Waals surface area contributed by atoms with Crippen LogP contribution in [0, 0.1) is 0 Å². The molecule has 3 nitrogen and oxygen atoms in total. The van der Waals surface area contributed by atoms with Crippen molar-refractivity contribution >= 4 is 5.91 Å². The molecule has 3 unspecified atom stereocenters. The Morgan fingerprint density at radius 3 is 2.50 bits per heavy atom. The van der Waals surface area contributed by atoms with Gasteiger partial charge in [-0.3, -0.25) is 4.79 Å². The second kappa shape index (κ2) is 3.12. The minimum absolute atomic E-state index is 0.0336. The molecule has 2 aliphatic rings. The van der Waals surface area contributed by atoms with Gasteiger partial charge in [-0.2, -0.15) is 13.2 Å². The van der Waals surface area contributed by atoms with Gasteiger partial charge in [0.2, 0.25) is 0 Å². The van der Waals surface area contributed by atoms with Crippen molar-refractivity contribution in [2.45, 2.75) is 43.6 Å². The van der Waals surface area contributed by atoms with Gasteiger partial charge in [-0.1, -0.05) is 0 Å². The van der Waals surface area contributed by atoms with E-state index < -0.39 is 12.1 Å². The van der Waals surface area contributed by atoms with Crippen LogP contribution in [0.1, 0.15) is 19.3 Å². The quantitative estimate of drug-likeness (QED) is 0.661. The molecule has 0 aromatic carbocycles. The first kappa shape index (κ1) is 9.76. The lowest BCUT2D eigenvalue weighted by Crippen LogP contribution is -2.48. The number of nitrogens with one attached hydrogen (secondary N) is 2. The summed E-state index contributed by atoms with van der Waals surface area (Å²) in [6.45, 7) is 0. The fourth-order valence-corrected chi connectivity index (χ4v) is 2.23. The van der Waals surface area contributed by atoms with Crippen LogP contribution in [0.4, 0.5) is 13.2 Å². The van der Waals surface area contributed by atoms with Crippen LogP contribution < -0.4 is 10.6 Å². The molecule has 6 heteroatoms. The van der Waals surface area contributed by atoms with Crippen LogP contribution in [-0.2, 0) is 4.79 Å². The molecule has 0 aromatic rings. The van der Waals surface area contributed by atoms with Gasteiger partial charge in [-0.05, 0) is 19.3 Å². The highest BCUT2D eigenvalue weighted by molar-refractivity contribution is 5.82. The number of hydrogen-bond acceptors (Lipinski definition) is 2. The van der Waals surface area contributed by atoms with Crippen LogP contribution >= 0.6 is 0 Å². The van der Waals surface area contributed by atoms with Crippen molar-refractivity contribution in [3.63, 3.8) is 0 Å². The summed E-state index contributed by atoms with van der Waals surface area (Å²) in [5, 5.41) is 5.18. The molecule has 14 heavy (non-hydrogen) atoms. The highest BCUT2D eigenvalue weighted by Crippen LogP contribution is 2.29. The van der Waals surface area contributed by atoms with Crippen molar-refractivity contribution < 1.29 is 18.0 Å². The Hall–Kier alpha value is -0.780. The molecule has 2 aliphatic heterocycles. The molecular formula is C8H11F3N2O. The topological polar surface area (TPSA) is 41.1 Å². The summed E-state index contributed by atoms with van der Waals surface area (Å²) in [6, 6.07) is -0.0206. The van der Waals surface area contributed by atoms with Gasteiger partial charge >= 0.3 is 12.1 Å². The fourth-order valence-electron chi connectivity index (χ4n) is 2.23. The van der Waals surface area contributed by atoms with Gasteiger partial charge < -0.3 is 10.6 Å². The average Bonchev–Trinajstić information content (AvgIpc) is 2.62. The van der Waals surface area contributed by atoms with Gasteiger partial charge in [0.05, 0.1) is 0 Å². The lowest BCUT2D eigenvalue weighted by Gasteiger charge is -2.21. The van der Waals surface area contributed by atoms with Gasteiger partial charge in [-0.15, -0.1) is 0 Å². The Kier molecular flexibility index (Phi) is 2.17. The van der Waals surface area contributed by atoms with E-state index in [1.165, 1.54) is 0 Å². The standard InChI is InChI=1S/C8H11F3N2O/c9-8(10,11)7(14)13-6-3-4-1-2-5(6)12-4/h4-6,12H,1-3H2,(H,13,14). The lowest BCUT2D eigenvalue weighted by molar-refractivity contribution is -0.174. The number of alkyl halides is 3. The molecular weight excluding hydrogens is 197 g/mol. The minimum Gasteiger partial charge on any atom is -0.344 e. The van der Waals surface area contributed by atoms with Crippen molar-refractivity contribution in [3.05, 3.63) is 0 Å². The van der Waals surface area contributed by atoms with Gasteiger partial charge in [0.1, 0.15) is 0 Å². The van der Waals surface area contributed by atoms with Gasteiger partial charge in [0.25, 0.3) is 0 Å². The minimum atomic E-state index is -4.76. The Balaban J connectivity index is 1.90. The molecule has 0 spiro atoms. The van der Waals surface area contributed by atoms with Crippen LogP contribution in [0.3, 0.4) is 0 Å². The van der Waals surface area contributed by atoms with Crippen molar-refractivity contribution in [2.24, 2.45) is 0 Å². The van der Waals surface area contributed by atoms with E-state index in [9.17, 15) is 18.0 Å². The van der Waals surface area contributed by atoms with Crippen LogP contribution in [0.15, 0.2) is 0 Å². The van der Waals surface area contributed by atoms with E-state index in [1.807, 2.05) is 5.32 Å². The summed E-state index contributed by atoms with van der Waals surface area (Å²) in [7, 11) is 0. The van der Waals surface area contributed by atoms with E-state index in [0.717, 1.165) is 12.8 Å². The monoisotopic (exact) mass is 208 g/mol. The highest BCUT2D eigenvalue weighted by atomic mass is 19.4. The van der Waals surface area contributed by atoms with E-state index in [-0.39, 0.29) is 12.1 Å². The van der Waals surface area contributed by atoms with E-state index in [4.69, 9.17) is 0 Å². The van der Waals surface area contributed by atoms with Crippen LogP contribution in [0.2, 0.25) is 0 Å². The van der Waals surface area contributed by atoms with Gasteiger partial charge in [0, 0.05) is 18.1 Å². The van der Waals surface area contributed by atoms with E-state index >= 15 is 0 Å². The van der Waals surface area contributed by atoms with Crippen molar-refractivity contribution in [3.8, 4) is 0 Å². The third-order valence-electron chi connectivity index (χ3n) is 2.87. The van der Waals surface area contributed by atoms with Crippen molar-refractivity contribution in [1.29, 1.82) is 0 Å². The Labute approximate surface area is 79.0 Å². The summed E-state index contributed by atoms with van der Waals surface area (Å²) in [5.41, 5.74) is 0. The molecule has 2 fully saturated rings. The summed E-state index contributed by atoms with van der Waals surface area (Å²) in [4.78, 5) is 10.6. The molecule has 1 amide bonds. The molecule has 0 saturated carbocycles. The largest absolute Gasteiger partial charge is 0.471 e. The van der Waals surface area contributed by atoms with E-state index in [1.54, 1.807) is 0 Å². The molecule has 80 valence electrons. The first-order valence-corrected chi connectivity index (χ1v) is 4.60.